The lowest BCUT2D eigenvalue weighted by Crippen LogP contribution is -2.61. The highest BCUT2D eigenvalue weighted by molar-refractivity contribution is 6.39. The van der Waals surface area contributed by atoms with Crippen molar-refractivity contribution in [3.63, 3.8) is 0 Å². The van der Waals surface area contributed by atoms with Crippen molar-refractivity contribution < 1.29 is 9.53 Å². The molecule has 2 saturated heterocycles. The third kappa shape index (κ3) is 3.81. The lowest BCUT2D eigenvalue weighted by atomic mass is 9.56. The van der Waals surface area contributed by atoms with Crippen LogP contribution in [0.4, 0.5) is 0 Å². The first-order valence-electron chi connectivity index (χ1n) is 11.9. The molecule has 3 aliphatic rings. The highest BCUT2D eigenvalue weighted by Gasteiger charge is 2.47. The number of rotatable bonds is 4. The summed E-state index contributed by atoms with van der Waals surface area (Å²) in [6.07, 6.45) is 5.86. The highest BCUT2D eigenvalue weighted by atomic mass is 16.5. The maximum absolute atomic E-state index is 12.2. The van der Waals surface area contributed by atoms with Crippen LogP contribution in [0.3, 0.4) is 0 Å². The number of ether oxygens (including phenoxy) is 1. The molecule has 3 fully saturated rings. The minimum atomic E-state index is -1.05. The molecule has 4 radical (unpaired) electrons. The van der Waals surface area contributed by atoms with Crippen molar-refractivity contribution in [1.29, 1.82) is 0 Å². The molecule has 1 amide bonds. The van der Waals surface area contributed by atoms with Crippen LogP contribution in [0.25, 0.3) is 22.0 Å². The number of piperidine rings is 1. The molecule has 1 aliphatic carbocycles. The number of nitrogens with one attached hydrogen (secondary N) is 1. The molecule has 0 atom stereocenters. The first-order valence-corrected chi connectivity index (χ1v) is 11.9. The largest absolute Gasteiger partial charge is 0.363 e. The van der Waals surface area contributed by atoms with Crippen LogP contribution in [0.5, 0.6) is 0 Å². The smallest absolute Gasteiger partial charge is 0.248 e. The molecule has 6 rings (SSSR count). The third-order valence-corrected chi connectivity index (χ3v) is 7.70. The van der Waals surface area contributed by atoms with Gasteiger partial charge in [0.25, 0.3) is 0 Å². The van der Waals surface area contributed by atoms with Gasteiger partial charge in [0.2, 0.25) is 5.91 Å². The molecule has 33 heavy (non-hydrogen) atoms. The van der Waals surface area contributed by atoms with Gasteiger partial charge in [0, 0.05) is 30.8 Å². The van der Waals surface area contributed by atoms with Crippen molar-refractivity contribution in [3.8, 4) is 11.1 Å². The molecule has 1 spiro atoms. The molecule has 0 bridgehead atoms. The van der Waals surface area contributed by atoms with E-state index in [2.05, 4.69) is 46.3 Å². The number of morpholine rings is 1. The Balaban J connectivity index is 1.15. The van der Waals surface area contributed by atoms with Crippen LogP contribution in [-0.4, -0.2) is 74.3 Å². The summed E-state index contributed by atoms with van der Waals surface area (Å²) in [5, 5.41) is 0.150. The van der Waals surface area contributed by atoms with Crippen LogP contribution in [0.1, 0.15) is 31.2 Å². The fourth-order valence-electron chi connectivity index (χ4n) is 5.39. The zero-order valence-electron chi connectivity index (χ0n) is 18.8. The number of hydrogen-bond acceptors (Lipinski definition) is 3. The zero-order valence-corrected chi connectivity index (χ0v) is 18.8. The van der Waals surface area contributed by atoms with Crippen molar-refractivity contribution >= 4 is 32.5 Å². The Hall–Kier alpha value is -2.50. The number of carbonyl (C=O) groups excluding carboxylic acids is 1. The van der Waals surface area contributed by atoms with Crippen LogP contribution in [0.15, 0.2) is 54.7 Å². The number of amides is 1. The van der Waals surface area contributed by atoms with Crippen LogP contribution in [-0.2, 0) is 14.9 Å². The number of hydrogen-bond donors (Lipinski definition) is 1. The topological polar surface area (TPSA) is 48.6 Å². The molecule has 2 aliphatic heterocycles. The predicted molar refractivity (Wildman–Crippen MR) is 131 cm³/mol. The minimum Gasteiger partial charge on any atom is -0.363 e. The fourth-order valence-corrected chi connectivity index (χ4v) is 5.39. The van der Waals surface area contributed by atoms with Crippen molar-refractivity contribution in [3.05, 3.63) is 60.3 Å². The van der Waals surface area contributed by atoms with Crippen LogP contribution in [0.2, 0.25) is 0 Å². The Bertz CT molecular complexity index is 1180. The summed E-state index contributed by atoms with van der Waals surface area (Å²) in [5.74, 6) is 0.132. The summed E-state index contributed by atoms with van der Waals surface area (Å²) in [6, 6.07) is 17.1. The van der Waals surface area contributed by atoms with Gasteiger partial charge >= 0.3 is 0 Å². The molecule has 0 unspecified atom stereocenters. The lowest BCUT2D eigenvalue weighted by molar-refractivity contribution is -0.173. The quantitative estimate of drug-likeness (QED) is 0.641. The number of benzene rings is 2. The molecule has 1 aromatic heterocycles. The summed E-state index contributed by atoms with van der Waals surface area (Å²) in [7, 11) is 13.4. The number of aromatic amines is 1. The first kappa shape index (κ1) is 21.1. The average molecular weight is 435 g/mol. The van der Waals surface area contributed by atoms with Crippen LogP contribution in [0, 0.1) is 0 Å². The Morgan fingerprint density at radius 1 is 1.00 bits per heavy atom. The molecule has 5 nitrogen and oxygen atoms in total. The van der Waals surface area contributed by atoms with Gasteiger partial charge in [0.05, 0.1) is 27.8 Å². The van der Waals surface area contributed by atoms with Crippen LogP contribution >= 0.6 is 0 Å². The standard InChI is InChI=1S/C26H27B2N3O2/c27-26(28,21-5-3-18(4-6-21)20-2-1-19-9-12-29-23(19)15-20)30-13-10-25(11-14-30)17-31(22-7-8-22)24(32)16-33-25/h1-6,9,12,15,22,29H,7-8,10-11,13-14,16-17H2. The molecule has 3 aromatic rings. The van der Waals surface area contributed by atoms with Gasteiger partial charge in [-0.25, -0.2) is 0 Å². The summed E-state index contributed by atoms with van der Waals surface area (Å²) < 4.78 is 6.08. The van der Waals surface area contributed by atoms with Gasteiger partial charge in [-0.3, -0.25) is 4.79 Å². The third-order valence-electron chi connectivity index (χ3n) is 7.70. The SMILES string of the molecule is [B]C([B])(c1ccc(-c2ccc3cc[nH]c3c2)cc1)N1CCC2(CC1)CN(C1CC1)C(=O)CO2. The monoisotopic (exact) mass is 435 g/mol. The van der Waals surface area contributed by atoms with Crippen LogP contribution < -0.4 is 0 Å². The molecular weight excluding hydrogens is 408 g/mol. The van der Waals surface area contributed by atoms with E-state index in [-0.39, 0.29) is 18.1 Å². The summed E-state index contributed by atoms with van der Waals surface area (Å²) in [4.78, 5) is 19.7. The van der Waals surface area contributed by atoms with Crippen molar-refractivity contribution in [1.82, 2.24) is 14.8 Å². The normalized spacial score (nSPS) is 21.7. The molecule has 3 heterocycles. The number of H-pyrrole nitrogens is 1. The number of likely N-dealkylation sites (tertiary alicyclic amines) is 1. The number of nitrogens with zero attached hydrogens (tertiary/aromatic N) is 2. The van der Waals surface area contributed by atoms with E-state index in [0.717, 1.165) is 61.0 Å². The lowest BCUT2D eigenvalue weighted by Gasteiger charge is -2.51. The van der Waals surface area contributed by atoms with Gasteiger partial charge in [0.1, 0.15) is 6.61 Å². The second kappa shape index (κ2) is 7.78. The summed E-state index contributed by atoms with van der Waals surface area (Å²) >= 11 is 0. The first-order chi connectivity index (χ1) is 15.9. The van der Waals surface area contributed by atoms with E-state index in [0.29, 0.717) is 12.6 Å². The number of carbonyl (C=O) groups is 1. The summed E-state index contributed by atoms with van der Waals surface area (Å²) in [6.45, 7) is 2.38. The van der Waals surface area contributed by atoms with Gasteiger partial charge in [-0.15, -0.1) is 0 Å². The van der Waals surface area contributed by atoms with Gasteiger partial charge in [0.15, 0.2) is 0 Å². The Labute approximate surface area is 197 Å². The van der Waals surface area contributed by atoms with E-state index in [1.54, 1.807) is 0 Å². The number of aromatic nitrogens is 1. The fraction of sp³-hybridized carbons (Fsp3) is 0.423. The second-order valence-electron chi connectivity index (χ2n) is 9.89. The molecule has 1 N–H and O–H groups in total. The Morgan fingerprint density at radius 3 is 2.45 bits per heavy atom. The average Bonchev–Trinajstić information content (AvgIpc) is 3.57. The predicted octanol–water partition coefficient (Wildman–Crippen LogP) is 3.14. The zero-order chi connectivity index (χ0) is 22.6. The van der Waals surface area contributed by atoms with Crippen molar-refractivity contribution in [2.24, 2.45) is 0 Å². The van der Waals surface area contributed by atoms with E-state index >= 15 is 0 Å². The molecule has 2 aromatic carbocycles. The van der Waals surface area contributed by atoms with E-state index in [4.69, 9.17) is 20.4 Å². The van der Waals surface area contributed by atoms with Gasteiger partial charge in [-0.1, -0.05) is 36.4 Å². The Kier molecular flexibility index (Phi) is 4.96. The van der Waals surface area contributed by atoms with E-state index in [9.17, 15) is 4.79 Å². The van der Waals surface area contributed by atoms with Crippen molar-refractivity contribution in [2.75, 3.05) is 26.2 Å². The number of fused-ring (bicyclic) bond motifs is 1. The minimum absolute atomic E-state index is 0.132. The molecule has 1 saturated carbocycles. The Morgan fingerprint density at radius 2 is 1.73 bits per heavy atom. The van der Waals surface area contributed by atoms with E-state index in [1.807, 2.05) is 23.2 Å². The molecular formula is C26H27B2N3O2. The highest BCUT2D eigenvalue weighted by Crippen LogP contribution is 2.38. The van der Waals surface area contributed by atoms with Gasteiger partial charge < -0.3 is 19.5 Å². The molecule has 7 heteroatoms. The second-order valence-corrected chi connectivity index (χ2v) is 9.89. The van der Waals surface area contributed by atoms with Gasteiger partial charge in [-0.05, 0) is 65.2 Å². The van der Waals surface area contributed by atoms with Gasteiger partial charge in [-0.2, -0.15) is 0 Å². The molecule has 164 valence electrons. The maximum atomic E-state index is 12.2. The van der Waals surface area contributed by atoms with E-state index in [1.165, 1.54) is 5.39 Å². The van der Waals surface area contributed by atoms with E-state index < -0.39 is 5.34 Å². The maximum Gasteiger partial charge on any atom is 0.248 e. The van der Waals surface area contributed by atoms with Crippen molar-refractivity contribution in [2.45, 2.75) is 42.7 Å². The summed E-state index contributed by atoms with van der Waals surface area (Å²) in [5.41, 5.74) is 4.04.